The summed E-state index contributed by atoms with van der Waals surface area (Å²) in [5.41, 5.74) is 0.410. The maximum atomic E-state index is 5.76. The van der Waals surface area contributed by atoms with Gasteiger partial charge in [0.1, 0.15) is 0 Å². The van der Waals surface area contributed by atoms with Crippen molar-refractivity contribution < 1.29 is 4.74 Å². The van der Waals surface area contributed by atoms with Gasteiger partial charge in [-0.05, 0) is 55.4 Å². The second-order valence-corrected chi connectivity index (χ2v) is 7.42. The van der Waals surface area contributed by atoms with Gasteiger partial charge in [0.2, 0.25) is 0 Å². The Morgan fingerprint density at radius 1 is 1.21 bits per heavy atom. The smallest absolute Gasteiger partial charge is 0.0499 e. The Bertz CT molecular complexity index is 270. The fourth-order valence-corrected chi connectivity index (χ4v) is 4.39. The zero-order valence-corrected chi connectivity index (χ0v) is 13.4. The zero-order chi connectivity index (χ0) is 13.9. The molecular weight excluding hydrogens is 234 g/mol. The average Bonchev–Trinajstić information content (AvgIpc) is 2.40. The summed E-state index contributed by atoms with van der Waals surface area (Å²) in [4.78, 5) is 0. The molecule has 4 atom stereocenters. The van der Waals surface area contributed by atoms with E-state index in [2.05, 4.69) is 33.0 Å². The van der Waals surface area contributed by atoms with Crippen molar-refractivity contribution in [2.75, 3.05) is 19.8 Å². The summed E-state index contributed by atoms with van der Waals surface area (Å²) in [5, 5.41) is 3.77. The van der Waals surface area contributed by atoms with Gasteiger partial charge in [-0.15, -0.1) is 0 Å². The molecule has 1 aliphatic carbocycles. The minimum Gasteiger partial charge on any atom is -0.381 e. The van der Waals surface area contributed by atoms with E-state index < -0.39 is 0 Å². The van der Waals surface area contributed by atoms with E-state index in [1.165, 1.54) is 32.1 Å². The molecule has 2 aliphatic rings. The van der Waals surface area contributed by atoms with Gasteiger partial charge in [0.05, 0.1) is 0 Å². The molecule has 2 heteroatoms. The summed E-state index contributed by atoms with van der Waals surface area (Å²) in [7, 11) is 0. The van der Waals surface area contributed by atoms with Crippen LogP contribution in [0.1, 0.15) is 59.8 Å². The van der Waals surface area contributed by atoms with Crippen molar-refractivity contribution in [3.05, 3.63) is 0 Å². The molecule has 1 aliphatic heterocycles. The molecule has 1 N–H and O–H groups in total. The monoisotopic (exact) mass is 267 g/mol. The number of rotatable bonds is 4. The predicted molar refractivity (Wildman–Crippen MR) is 81.3 cm³/mol. The van der Waals surface area contributed by atoms with E-state index in [0.717, 1.165) is 37.5 Å². The van der Waals surface area contributed by atoms with Crippen LogP contribution in [-0.4, -0.2) is 25.8 Å². The predicted octanol–water partition coefficient (Wildman–Crippen LogP) is 3.85. The van der Waals surface area contributed by atoms with Crippen LogP contribution in [0.5, 0.6) is 0 Å². The maximum absolute atomic E-state index is 5.76. The molecule has 4 unspecified atom stereocenters. The first-order chi connectivity index (χ1) is 9.05. The largest absolute Gasteiger partial charge is 0.381 e. The third-order valence-electron chi connectivity index (χ3n) is 5.75. The summed E-state index contributed by atoms with van der Waals surface area (Å²) in [5.74, 6) is 2.45. The molecule has 0 amide bonds. The van der Waals surface area contributed by atoms with Gasteiger partial charge < -0.3 is 10.1 Å². The molecule has 1 saturated heterocycles. The average molecular weight is 267 g/mol. The molecule has 2 fully saturated rings. The van der Waals surface area contributed by atoms with Crippen LogP contribution in [0.3, 0.4) is 0 Å². The van der Waals surface area contributed by atoms with E-state index in [1.807, 2.05) is 0 Å². The first kappa shape index (κ1) is 15.3. The molecule has 0 spiro atoms. The first-order valence-electron chi connectivity index (χ1n) is 8.36. The van der Waals surface area contributed by atoms with Crippen molar-refractivity contribution in [3.63, 3.8) is 0 Å². The standard InChI is InChI=1S/C17H33NO/c1-5-18-16-11-13(2)8-9-15(16)17(3,4)14-7-6-10-19-12-14/h13-16,18H,5-12H2,1-4H3. The van der Waals surface area contributed by atoms with Crippen molar-refractivity contribution >= 4 is 0 Å². The minimum atomic E-state index is 0.410. The summed E-state index contributed by atoms with van der Waals surface area (Å²) in [6.07, 6.45) is 6.77. The van der Waals surface area contributed by atoms with Gasteiger partial charge in [0, 0.05) is 19.3 Å². The van der Waals surface area contributed by atoms with E-state index in [9.17, 15) is 0 Å². The fraction of sp³-hybridized carbons (Fsp3) is 1.00. The van der Waals surface area contributed by atoms with Gasteiger partial charge >= 0.3 is 0 Å². The molecule has 0 bridgehead atoms. The molecule has 1 saturated carbocycles. The lowest BCUT2D eigenvalue weighted by molar-refractivity contribution is -0.0396. The number of nitrogens with one attached hydrogen (secondary N) is 1. The Morgan fingerprint density at radius 3 is 2.63 bits per heavy atom. The van der Waals surface area contributed by atoms with Gasteiger partial charge in [-0.25, -0.2) is 0 Å². The highest BCUT2D eigenvalue weighted by molar-refractivity contribution is 4.95. The van der Waals surface area contributed by atoms with Crippen LogP contribution >= 0.6 is 0 Å². The molecule has 0 aromatic rings. The molecule has 0 aromatic carbocycles. The molecular formula is C17H33NO. The molecule has 2 nitrogen and oxygen atoms in total. The normalized spacial score (nSPS) is 37.3. The van der Waals surface area contributed by atoms with E-state index >= 15 is 0 Å². The van der Waals surface area contributed by atoms with Crippen molar-refractivity contribution in [2.45, 2.75) is 65.8 Å². The van der Waals surface area contributed by atoms with Crippen molar-refractivity contribution in [3.8, 4) is 0 Å². The topological polar surface area (TPSA) is 21.3 Å². The number of hydrogen-bond acceptors (Lipinski definition) is 2. The summed E-state index contributed by atoms with van der Waals surface area (Å²) < 4.78 is 5.76. The number of ether oxygens (including phenoxy) is 1. The highest BCUT2D eigenvalue weighted by Crippen LogP contribution is 2.46. The summed E-state index contributed by atoms with van der Waals surface area (Å²) >= 11 is 0. The SMILES string of the molecule is CCNC1CC(C)CCC1C(C)(C)C1CCCOC1. The van der Waals surface area contributed by atoms with Crippen LogP contribution in [0, 0.1) is 23.2 Å². The van der Waals surface area contributed by atoms with Crippen molar-refractivity contribution in [2.24, 2.45) is 23.2 Å². The van der Waals surface area contributed by atoms with Crippen LogP contribution in [0.25, 0.3) is 0 Å². The Hall–Kier alpha value is -0.0800. The highest BCUT2D eigenvalue weighted by Gasteiger charge is 2.43. The zero-order valence-electron chi connectivity index (χ0n) is 13.4. The Balaban J connectivity index is 2.06. The van der Waals surface area contributed by atoms with Crippen LogP contribution in [0.4, 0.5) is 0 Å². The van der Waals surface area contributed by atoms with E-state index in [4.69, 9.17) is 4.74 Å². The van der Waals surface area contributed by atoms with Crippen LogP contribution in [0.2, 0.25) is 0 Å². The van der Waals surface area contributed by atoms with Crippen LogP contribution in [-0.2, 0) is 4.74 Å². The fourth-order valence-electron chi connectivity index (χ4n) is 4.39. The van der Waals surface area contributed by atoms with Crippen molar-refractivity contribution in [1.82, 2.24) is 5.32 Å². The summed E-state index contributed by atoms with van der Waals surface area (Å²) in [6, 6.07) is 0.714. The second kappa shape index (κ2) is 6.58. The molecule has 2 rings (SSSR count). The molecule has 0 radical (unpaired) electrons. The van der Waals surface area contributed by atoms with Gasteiger partial charge in [0.25, 0.3) is 0 Å². The molecule has 0 aromatic heterocycles. The molecule has 112 valence electrons. The van der Waals surface area contributed by atoms with E-state index in [1.54, 1.807) is 0 Å². The van der Waals surface area contributed by atoms with Gasteiger partial charge in [-0.3, -0.25) is 0 Å². The third kappa shape index (κ3) is 3.52. The highest BCUT2D eigenvalue weighted by atomic mass is 16.5. The maximum Gasteiger partial charge on any atom is 0.0499 e. The van der Waals surface area contributed by atoms with E-state index in [0.29, 0.717) is 11.5 Å². The number of hydrogen-bond donors (Lipinski definition) is 1. The van der Waals surface area contributed by atoms with Gasteiger partial charge in [-0.1, -0.05) is 34.1 Å². The summed E-state index contributed by atoms with van der Waals surface area (Å²) in [6.45, 7) is 12.7. The van der Waals surface area contributed by atoms with E-state index in [-0.39, 0.29) is 0 Å². The Morgan fingerprint density at radius 2 is 2.00 bits per heavy atom. The van der Waals surface area contributed by atoms with Crippen molar-refractivity contribution in [1.29, 1.82) is 0 Å². The van der Waals surface area contributed by atoms with Gasteiger partial charge in [0.15, 0.2) is 0 Å². The third-order valence-corrected chi connectivity index (χ3v) is 5.75. The quantitative estimate of drug-likeness (QED) is 0.835. The lowest BCUT2D eigenvalue weighted by atomic mass is 9.60. The lowest BCUT2D eigenvalue weighted by Crippen LogP contribution is -2.50. The molecule has 19 heavy (non-hydrogen) atoms. The first-order valence-corrected chi connectivity index (χ1v) is 8.36. The van der Waals surface area contributed by atoms with Crippen LogP contribution < -0.4 is 5.32 Å². The van der Waals surface area contributed by atoms with Gasteiger partial charge in [-0.2, -0.15) is 0 Å². The Labute approximate surface area is 119 Å². The Kier molecular flexibility index (Phi) is 5.30. The van der Waals surface area contributed by atoms with Crippen LogP contribution in [0.15, 0.2) is 0 Å². The molecule has 1 heterocycles. The second-order valence-electron chi connectivity index (χ2n) is 7.42. The lowest BCUT2D eigenvalue weighted by Gasteiger charge is -2.49. The minimum absolute atomic E-state index is 0.410.